The first-order valence-corrected chi connectivity index (χ1v) is 10.3. The molecule has 0 fully saturated rings. The highest BCUT2D eigenvalue weighted by atomic mass is 16.5. The van der Waals surface area contributed by atoms with E-state index < -0.39 is 0 Å². The van der Waals surface area contributed by atoms with Gasteiger partial charge in [0.05, 0.1) is 18.4 Å². The van der Waals surface area contributed by atoms with Gasteiger partial charge in [0.2, 0.25) is 0 Å². The Kier molecular flexibility index (Phi) is 6.03. The second-order valence-electron chi connectivity index (χ2n) is 7.56. The van der Waals surface area contributed by atoms with Crippen molar-refractivity contribution >= 4 is 22.8 Å². The molecule has 32 heavy (non-hydrogen) atoms. The Morgan fingerprint density at radius 1 is 1.09 bits per heavy atom. The molecule has 0 radical (unpaired) electrons. The normalized spacial score (nSPS) is 11.2. The minimum Gasteiger partial charge on any atom is -0.496 e. The average Bonchev–Trinajstić information content (AvgIpc) is 3.07. The predicted molar refractivity (Wildman–Crippen MR) is 125 cm³/mol. The first kappa shape index (κ1) is 21.3. The van der Waals surface area contributed by atoms with Crippen molar-refractivity contribution in [1.29, 1.82) is 0 Å². The number of aryl methyl sites for hydroxylation is 2. The third-order valence-corrected chi connectivity index (χ3v) is 5.47. The summed E-state index contributed by atoms with van der Waals surface area (Å²) in [5.74, 6) is 1.37. The highest BCUT2D eigenvalue weighted by molar-refractivity contribution is 6.08. The van der Waals surface area contributed by atoms with E-state index in [1.807, 2.05) is 69.4 Å². The number of hydrogen-bond acceptors (Lipinski definition) is 5. The van der Waals surface area contributed by atoms with E-state index >= 15 is 0 Å². The molecule has 2 aromatic heterocycles. The molecule has 0 aliphatic heterocycles. The summed E-state index contributed by atoms with van der Waals surface area (Å²) in [6.07, 6.45) is 5.14. The molecule has 4 rings (SSSR count). The fourth-order valence-corrected chi connectivity index (χ4v) is 3.75. The number of ketones is 1. The molecule has 0 aliphatic carbocycles. The Bertz CT molecular complexity index is 1320. The monoisotopic (exact) mass is 427 g/mol. The number of benzene rings is 2. The summed E-state index contributed by atoms with van der Waals surface area (Å²) >= 11 is 0. The van der Waals surface area contributed by atoms with E-state index in [-0.39, 0.29) is 5.78 Å². The van der Waals surface area contributed by atoms with Crippen molar-refractivity contribution in [3.63, 3.8) is 0 Å². The van der Waals surface area contributed by atoms with E-state index in [9.17, 15) is 4.79 Å². The molecule has 2 aromatic carbocycles. The molecule has 0 amide bonds. The van der Waals surface area contributed by atoms with Gasteiger partial charge in [-0.2, -0.15) is 5.10 Å². The van der Waals surface area contributed by atoms with E-state index in [1.54, 1.807) is 30.1 Å². The molecule has 0 aliphatic rings. The van der Waals surface area contributed by atoms with Gasteiger partial charge in [0.1, 0.15) is 23.6 Å². The van der Waals surface area contributed by atoms with Gasteiger partial charge in [-0.25, -0.2) is 0 Å². The van der Waals surface area contributed by atoms with Crippen LogP contribution in [0.25, 0.3) is 17.0 Å². The molecule has 0 bridgehead atoms. The summed E-state index contributed by atoms with van der Waals surface area (Å²) in [5, 5.41) is 5.34. The zero-order valence-electron chi connectivity index (χ0n) is 18.6. The number of nitrogens with zero attached hydrogens (tertiary/aromatic N) is 3. The minimum absolute atomic E-state index is 0.0662. The molecule has 0 unspecified atom stereocenters. The largest absolute Gasteiger partial charge is 0.496 e. The van der Waals surface area contributed by atoms with Gasteiger partial charge in [-0.05, 0) is 49.8 Å². The van der Waals surface area contributed by atoms with Gasteiger partial charge >= 0.3 is 0 Å². The highest BCUT2D eigenvalue weighted by Crippen LogP contribution is 2.27. The molecule has 0 saturated heterocycles. The van der Waals surface area contributed by atoms with Gasteiger partial charge in [-0.1, -0.05) is 30.3 Å². The maximum absolute atomic E-state index is 12.7. The van der Waals surface area contributed by atoms with Crippen LogP contribution in [0.15, 0.2) is 60.8 Å². The SMILES string of the molecule is COc1ccc(/C=C/C(=O)c2c(C)nn(C)c2C)cc1COc1cccc2cccnc12. The molecule has 6 nitrogen and oxygen atoms in total. The average molecular weight is 428 g/mol. The second-order valence-corrected chi connectivity index (χ2v) is 7.56. The molecular weight excluding hydrogens is 402 g/mol. The lowest BCUT2D eigenvalue weighted by Gasteiger charge is -2.12. The van der Waals surface area contributed by atoms with Gasteiger partial charge in [0, 0.05) is 29.9 Å². The molecule has 0 saturated carbocycles. The summed E-state index contributed by atoms with van der Waals surface area (Å²) in [6, 6.07) is 15.5. The lowest BCUT2D eigenvalue weighted by molar-refractivity contribution is 0.104. The predicted octanol–water partition coefficient (Wildman–Crippen LogP) is 5.07. The van der Waals surface area contributed by atoms with Crippen LogP contribution in [-0.4, -0.2) is 27.7 Å². The van der Waals surface area contributed by atoms with E-state index in [4.69, 9.17) is 9.47 Å². The Morgan fingerprint density at radius 2 is 1.91 bits per heavy atom. The van der Waals surface area contributed by atoms with E-state index in [0.717, 1.165) is 39.2 Å². The summed E-state index contributed by atoms with van der Waals surface area (Å²) in [5.41, 5.74) is 4.80. The molecule has 162 valence electrons. The summed E-state index contributed by atoms with van der Waals surface area (Å²) in [4.78, 5) is 17.2. The van der Waals surface area contributed by atoms with E-state index in [2.05, 4.69) is 10.1 Å². The van der Waals surface area contributed by atoms with Gasteiger partial charge < -0.3 is 9.47 Å². The quantitative estimate of drug-likeness (QED) is 0.304. The maximum atomic E-state index is 12.7. The third kappa shape index (κ3) is 4.25. The first-order chi connectivity index (χ1) is 15.5. The van der Waals surface area contributed by atoms with Crippen LogP contribution in [0.5, 0.6) is 11.5 Å². The van der Waals surface area contributed by atoms with Crippen LogP contribution in [0.2, 0.25) is 0 Å². The summed E-state index contributed by atoms with van der Waals surface area (Å²) in [7, 11) is 3.47. The lowest BCUT2D eigenvalue weighted by atomic mass is 10.1. The fraction of sp³-hybridized carbons (Fsp3) is 0.192. The Labute approximate surface area is 187 Å². The van der Waals surface area contributed by atoms with Gasteiger partial charge in [-0.3, -0.25) is 14.5 Å². The number of pyridine rings is 1. The molecule has 0 atom stereocenters. The number of allylic oxidation sites excluding steroid dienone is 1. The Balaban J connectivity index is 1.56. The summed E-state index contributed by atoms with van der Waals surface area (Å²) in [6.45, 7) is 4.06. The van der Waals surface area contributed by atoms with Crippen LogP contribution in [-0.2, 0) is 13.7 Å². The maximum Gasteiger partial charge on any atom is 0.189 e. The minimum atomic E-state index is -0.0662. The van der Waals surface area contributed by atoms with Crippen molar-refractivity contribution in [2.75, 3.05) is 7.11 Å². The van der Waals surface area contributed by atoms with Crippen molar-refractivity contribution in [1.82, 2.24) is 14.8 Å². The number of aromatic nitrogens is 3. The Hall–Kier alpha value is -3.93. The van der Waals surface area contributed by atoms with E-state index in [1.165, 1.54) is 0 Å². The van der Waals surface area contributed by atoms with Crippen LogP contribution in [0.1, 0.15) is 32.9 Å². The molecule has 6 heteroatoms. The Morgan fingerprint density at radius 3 is 2.66 bits per heavy atom. The molecule has 4 aromatic rings. The van der Waals surface area contributed by atoms with Crippen molar-refractivity contribution in [3.05, 3.63) is 88.9 Å². The number of fused-ring (bicyclic) bond motifs is 1. The summed E-state index contributed by atoms with van der Waals surface area (Å²) < 4.78 is 13.3. The second kappa shape index (κ2) is 9.06. The highest BCUT2D eigenvalue weighted by Gasteiger charge is 2.15. The first-order valence-electron chi connectivity index (χ1n) is 10.3. The van der Waals surface area contributed by atoms with Crippen LogP contribution in [0.3, 0.4) is 0 Å². The molecular formula is C26H25N3O3. The van der Waals surface area contributed by atoms with Crippen molar-refractivity contribution in [2.24, 2.45) is 7.05 Å². The number of para-hydroxylation sites is 1. The fourth-order valence-electron chi connectivity index (χ4n) is 3.75. The zero-order valence-corrected chi connectivity index (χ0v) is 18.6. The molecule has 2 heterocycles. The van der Waals surface area contributed by atoms with Gasteiger partial charge in [0.25, 0.3) is 0 Å². The van der Waals surface area contributed by atoms with Crippen molar-refractivity contribution < 1.29 is 14.3 Å². The van der Waals surface area contributed by atoms with E-state index in [0.29, 0.717) is 17.9 Å². The van der Waals surface area contributed by atoms with Crippen LogP contribution in [0, 0.1) is 13.8 Å². The number of rotatable bonds is 7. The number of ether oxygens (including phenoxy) is 2. The van der Waals surface area contributed by atoms with Crippen LogP contribution < -0.4 is 9.47 Å². The molecule has 0 spiro atoms. The smallest absolute Gasteiger partial charge is 0.189 e. The zero-order chi connectivity index (χ0) is 22.7. The van der Waals surface area contributed by atoms with Crippen molar-refractivity contribution in [2.45, 2.75) is 20.5 Å². The number of carbonyl (C=O) groups is 1. The van der Waals surface area contributed by atoms with Crippen LogP contribution >= 0.6 is 0 Å². The topological polar surface area (TPSA) is 66.2 Å². The number of hydrogen-bond donors (Lipinski definition) is 0. The lowest BCUT2D eigenvalue weighted by Crippen LogP contribution is -2.01. The van der Waals surface area contributed by atoms with Gasteiger partial charge in [-0.15, -0.1) is 0 Å². The third-order valence-electron chi connectivity index (χ3n) is 5.47. The number of carbonyl (C=O) groups excluding carboxylic acids is 1. The van der Waals surface area contributed by atoms with Crippen LogP contribution in [0.4, 0.5) is 0 Å². The van der Waals surface area contributed by atoms with Gasteiger partial charge in [0.15, 0.2) is 5.78 Å². The van der Waals surface area contributed by atoms with Crippen molar-refractivity contribution in [3.8, 4) is 11.5 Å². The number of methoxy groups -OCH3 is 1. The molecule has 0 N–H and O–H groups in total. The standard InChI is InChI=1S/C26H25N3O3/c1-17-25(18(2)29(3)28-17)22(30)12-10-19-11-13-23(31-4)21(15-19)16-32-24-9-5-7-20-8-6-14-27-26(20)24/h5-15H,16H2,1-4H3/b12-10+.